The molecule has 0 atom stereocenters. The van der Waals surface area contributed by atoms with Crippen LogP contribution in [0.3, 0.4) is 0 Å². The summed E-state index contributed by atoms with van der Waals surface area (Å²) in [5.41, 5.74) is 2.11. The molecule has 0 radical (unpaired) electrons. The number of nitrogens with one attached hydrogen (secondary N) is 2. The predicted octanol–water partition coefficient (Wildman–Crippen LogP) is 4.06. The van der Waals surface area contributed by atoms with E-state index in [0.29, 0.717) is 22.4 Å². The van der Waals surface area contributed by atoms with Crippen molar-refractivity contribution in [2.24, 2.45) is 5.92 Å². The van der Waals surface area contributed by atoms with E-state index in [1.165, 1.54) is 0 Å². The number of amides is 2. The molecule has 29 heavy (non-hydrogen) atoms. The van der Waals surface area contributed by atoms with Gasteiger partial charge in [-0.3, -0.25) is 0 Å². The van der Waals surface area contributed by atoms with Crippen LogP contribution in [0.2, 0.25) is 0 Å². The molecular weight excluding hydrogens is 410 g/mol. The van der Waals surface area contributed by atoms with Gasteiger partial charge < -0.3 is 15.4 Å². The molecular formula is C20H23N3O4S2. The van der Waals surface area contributed by atoms with Crippen LogP contribution in [0, 0.1) is 5.92 Å². The standard InChI is InChI=1S/C20H23N3O4S2/c1-13(2)12-29(25,26)20-23-17-9-6-15(10-18(17)28-20)22-19(24)21-11-14-4-7-16(27-3)8-5-14/h4-10,13H,11-12H2,1-3H3,(H2,21,22,24). The zero-order valence-electron chi connectivity index (χ0n) is 16.4. The fourth-order valence-electron chi connectivity index (χ4n) is 2.73. The quantitative estimate of drug-likeness (QED) is 0.586. The van der Waals surface area contributed by atoms with Crippen molar-refractivity contribution in [3.8, 4) is 5.75 Å². The minimum atomic E-state index is -3.40. The van der Waals surface area contributed by atoms with Gasteiger partial charge in [0.25, 0.3) is 0 Å². The molecule has 9 heteroatoms. The number of fused-ring (bicyclic) bond motifs is 1. The van der Waals surface area contributed by atoms with Crippen molar-refractivity contribution in [1.29, 1.82) is 0 Å². The lowest BCUT2D eigenvalue weighted by molar-refractivity contribution is 0.251. The van der Waals surface area contributed by atoms with E-state index in [4.69, 9.17) is 4.74 Å². The zero-order valence-corrected chi connectivity index (χ0v) is 18.1. The molecule has 1 aromatic heterocycles. The first-order valence-corrected chi connectivity index (χ1v) is 11.5. The monoisotopic (exact) mass is 433 g/mol. The molecule has 3 aromatic rings. The summed E-state index contributed by atoms with van der Waals surface area (Å²) in [6.07, 6.45) is 0. The maximum Gasteiger partial charge on any atom is 0.319 e. The van der Waals surface area contributed by atoms with Crippen LogP contribution in [0.25, 0.3) is 10.2 Å². The van der Waals surface area contributed by atoms with Crippen molar-refractivity contribution in [3.05, 3.63) is 48.0 Å². The number of nitrogens with zero attached hydrogens (tertiary/aromatic N) is 1. The van der Waals surface area contributed by atoms with Gasteiger partial charge in [-0.15, -0.1) is 11.3 Å². The number of thiazole rings is 1. The maximum atomic E-state index is 12.4. The van der Waals surface area contributed by atoms with E-state index in [1.54, 1.807) is 25.3 Å². The SMILES string of the molecule is COc1ccc(CNC(=O)Nc2ccc3nc(S(=O)(=O)CC(C)C)sc3c2)cc1. The van der Waals surface area contributed by atoms with Gasteiger partial charge in [-0.25, -0.2) is 18.2 Å². The molecule has 2 aromatic carbocycles. The Morgan fingerprint density at radius 2 is 1.90 bits per heavy atom. The van der Waals surface area contributed by atoms with E-state index < -0.39 is 9.84 Å². The lowest BCUT2D eigenvalue weighted by atomic mass is 10.2. The summed E-state index contributed by atoms with van der Waals surface area (Å²) in [6.45, 7) is 4.09. The number of carbonyl (C=O) groups is 1. The minimum Gasteiger partial charge on any atom is -0.497 e. The van der Waals surface area contributed by atoms with Crippen molar-refractivity contribution in [3.63, 3.8) is 0 Å². The maximum absolute atomic E-state index is 12.4. The number of aromatic nitrogens is 1. The molecule has 0 saturated heterocycles. The van der Waals surface area contributed by atoms with Gasteiger partial charge in [-0.1, -0.05) is 26.0 Å². The number of methoxy groups -OCH3 is 1. The average molecular weight is 434 g/mol. The van der Waals surface area contributed by atoms with Gasteiger partial charge in [0, 0.05) is 12.2 Å². The second kappa shape index (κ2) is 8.79. The number of benzene rings is 2. The molecule has 2 N–H and O–H groups in total. The lowest BCUT2D eigenvalue weighted by Crippen LogP contribution is -2.28. The van der Waals surface area contributed by atoms with Crippen molar-refractivity contribution in [2.45, 2.75) is 24.7 Å². The number of urea groups is 1. The Morgan fingerprint density at radius 1 is 1.17 bits per heavy atom. The Kier molecular flexibility index (Phi) is 6.39. The van der Waals surface area contributed by atoms with Gasteiger partial charge in [0.05, 0.1) is 23.1 Å². The van der Waals surface area contributed by atoms with Crippen LogP contribution < -0.4 is 15.4 Å². The van der Waals surface area contributed by atoms with Crippen LogP contribution in [0.1, 0.15) is 19.4 Å². The fraction of sp³-hybridized carbons (Fsp3) is 0.300. The summed E-state index contributed by atoms with van der Waals surface area (Å²) < 4.78 is 30.7. The fourth-order valence-corrected chi connectivity index (χ4v) is 5.70. The van der Waals surface area contributed by atoms with Gasteiger partial charge in [0.1, 0.15) is 5.75 Å². The summed E-state index contributed by atoms with van der Waals surface area (Å²) >= 11 is 1.12. The highest BCUT2D eigenvalue weighted by molar-refractivity contribution is 7.93. The van der Waals surface area contributed by atoms with Crippen LogP contribution >= 0.6 is 11.3 Å². The first-order valence-electron chi connectivity index (χ1n) is 9.08. The van der Waals surface area contributed by atoms with Gasteiger partial charge in [-0.2, -0.15) is 0 Å². The third kappa shape index (κ3) is 5.45. The molecule has 0 saturated carbocycles. The Bertz CT molecular complexity index is 1110. The molecule has 0 aliphatic carbocycles. The molecule has 0 aliphatic heterocycles. The Hall–Kier alpha value is -2.65. The zero-order chi connectivity index (χ0) is 21.0. The predicted molar refractivity (Wildman–Crippen MR) is 115 cm³/mol. The average Bonchev–Trinajstić information content (AvgIpc) is 3.10. The third-order valence-corrected chi connectivity index (χ3v) is 7.61. The van der Waals surface area contributed by atoms with Crippen LogP contribution in [-0.4, -0.2) is 32.3 Å². The summed E-state index contributed by atoms with van der Waals surface area (Å²) in [6, 6.07) is 12.2. The normalized spacial score (nSPS) is 11.6. The van der Waals surface area contributed by atoms with Crippen molar-refractivity contribution in [1.82, 2.24) is 10.3 Å². The lowest BCUT2D eigenvalue weighted by Gasteiger charge is -2.08. The smallest absolute Gasteiger partial charge is 0.319 e. The van der Waals surface area contributed by atoms with Crippen LogP contribution in [0.4, 0.5) is 10.5 Å². The summed E-state index contributed by atoms with van der Waals surface area (Å²) in [4.78, 5) is 16.4. The minimum absolute atomic E-state index is 0.0265. The summed E-state index contributed by atoms with van der Waals surface area (Å²) in [5.74, 6) is 0.843. The van der Waals surface area contributed by atoms with E-state index in [-0.39, 0.29) is 22.0 Å². The molecule has 0 unspecified atom stereocenters. The van der Waals surface area contributed by atoms with Crippen molar-refractivity contribution in [2.75, 3.05) is 18.2 Å². The van der Waals surface area contributed by atoms with Crippen LogP contribution in [-0.2, 0) is 16.4 Å². The number of hydrogen-bond acceptors (Lipinski definition) is 6. The number of ether oxygens (including phenoxy) is 1. The van der Waals surface area contributed by atoms with Crippen molar-refractivity contribution >= 4 is 43.1 Å². The number of anilines is 1. The first-order chi connectivity index (χ1) is 13.8. The molecule has 3 rings (SSSR count). The Labute approximate surface area is 174 Å². The number of hydrogen-bond donors (Lipinski definition) is 2. The summed E-state index contributed by atoms with van der Waals surface area (Å²) in [5, 5.41) is 5.55. The Balaban J connectivity index is 1.66. The molecule has 0 aliphatic rings. The first kappa shape index (κ1) is 21.1. The molecule has 2 amide bonds. The van der Waals surface area contributed by atoms with E-state index >= 15 is 0 Å². The molecule has 0 fully saturated rings. The second-order valence-electron chi connectivity index (χ2n) is 6.99. The van der Waals surface area contributed by atoms with Crippen LogP contribution in [0.15, 0.2) is 46.8 Å². The highest BCUT2D eigenvalue weighted by atomic mass is 32.2. The molecule has 1 heterocycles. The van der Waals surface area contributed by atoms with Crippen molar-refractivity contribution < 1.29 is 17.9 Å². The topological polar surface area (TPSA) is 97.4 Å². The van der Waals surface area contributed by atoms with E-state index in [9.17, 15) is 13.2 Å². The Morgan fingerprint density at radius 3 is 2.55 bits per heavy atom. The highest BCUT2D eigenvalue weighted by Gasteiger charge is 2.21. The van der Waals surface area contributed by atoms with E-state index in [0.717, 1.165) is 22.6 Å². The second-order valence-corrected chi connectivity index (χ2v) is 10.2. The largest absolute Gasteiger partial charge is 0.497 e. The number of carbonyl (C=O) groups excluding carboxylic acids is 1. The van der Waals surface area contributed by atoms with Gasteiger partial charge in [-0.05, 0) is 41.8 Å². The molecule has 7 nitrogen and oxygen atoms in total. The van der Waals surface area contributed by atoms with Gasteiger partial charge >= 0.3 is 6.03 Å². The summed E-state index contributed by atoms with van der Waals surface area (Å²) in [7, 11) is -1.80. The third-order valence-electron chi connectivity index (χ3n) is 4.06. The van der Waals surface area contributed by atoms with Gasteiger partial charge in [0.2, 0.25) is 14.2 Å². The van der Waals surface area contributed by atoms with Gasteiger partial charge in [0.15, 0.2) is 0 Å². The number of rotatable bonds is 7. The highest BCUT2D eigenvalue weighted by Crippen LogP contribution is 2.29. The molecule has 0 bridgehead atoms. The van der Waals surface area contributed by atoms with E-state index in [2.05, 4.69) is 15.6 Å². The number of sulfone groups is 1. The molecule has 0 spiro atoms. The van der Waals surface area contributed by atoms with Crippen LogP contribution in [0.5, 0.6) is 5.75 Å². The van der Waals surface area contributed by atoms with E-state index in [1.807, 2.05) is 38.1 Å². The molecule has 154 valence electrons.